The molecule has 0 saturated carbocycles. The quantitative estimate of drug-likeness (QED) is 0.410. The molecule has 0 aliphatic rings. The lowest BCUT2D eigenvalue weighted by molar-refractivity contribution is -0.385. The van der Waals surface area contributed by atoms with Crippen LogP contribution < -0.4 is 5.32 Å². The molecule has 0 aliphatic carbocycles. The van der Waals surface area contributed by atoms with Gasteiger partial charge in [-0.05, 0) is 53.7 Å². The summed E-state index contributed by atoms with van der Waals surface area (Å²) in [5.41, 5.74) is 1.10. The van der Waals surface area contributed by atoms with Crippen LogP contribution >= 0.6 is 12.2 Å². The average molecular weight is 366 g/mol. The van der Waals surface area contributed by atoms with Crippen molar-refractivity contribution in [3.63, 3.8) is 0 Å². The van der Waals surface area contributed by atoms with Crippen molar-refractivity contribution in [2.45, 2.75) is 19.8 Å². The van der Waals surface area contributed by atoms with Crippen molar-refractivity contribution in [2.24, 2.45) is 0 Å². The molecule has 0 heterocycles. The van der Waals surface area contributed by atoms with Crippen LogP contribution in [0.5, 0.6) is 0 Å². The lowest BCUT2D eigenvalue weighted by Crippen LogP contribution is -2.14. The number of ether oxygens (including phenoxy) is 1. The van der Waals surface area contributed by atoms with E-state index in [9.17, 15) is 24.7 Å². The number of nitrogens with zero attached hydrogens (tertiary/aromatic N) is 1. The third-order valence-corrected chi connectivity index (χ3v) is 3.61. The molecule has 132 valence electrons. The monoisotopic (exact) mass is 366 g/mol. The first-order chi connectivity index (χ1) is 11.9. The van der Waals surface area contributed by atoms with E-state index in [4.69, 9.17) is 17.0 Å². The Bertz CT molecular complexity index is 783. The van der Waals surface area contributed by atoms with Crippen LogP contribution in [0.4, 0.5) is 15.8 Å². The SMILES string of the molecule is O=[N+]([O-])c1cc(CO)c(CO)cc1COC(=S)Nc1ccc(F)cc1. The van der Waals surface area contributed by atoms with Gasteiger partial charge in [0.25, 0.3) is 10.9 Å². The van der Waals surface area contributed by atoms with E-state index in [-0.39, 0.29) is 35.2 Å². The summed E-state index contributed by atoms with van der Waals surface area (Å²) in [7, 11) is 0. The zero-order chi connectivity index (χ0) is 18.4. The van der Waals surface area contributed by atoms with Gasteiger partial charge in [0.1, 0.15) is 12.4 Å². The molecule has 0 unspecified atom stereocenters. The molecule has 0 saturated heterocycles. The maximum atomic E-state index is 12.9. The summed E-state index contributed by atoms with van der Waals surface area (Å²) in [5.74, 6) is -0.395. The maximum Gasteiger partial charge on any atom is 0.276 e. The van der Waals surface area contributed by atoms with Gasteiger partial charge in [-0.15, -0.1) is 0 Å². The van der Waals surface area contributed by atoms with Gasteiger partial charge in [-0.1, -0.05) is 0 Å². The first-order valence-corrected chi connectivity index (χ1v) is 7.55. The summed E-state index contributed by atoms with van der Waals surface area (Å²) in [6.45, 7) is -1.01. The van der Waals surface area contributed by atoms with Crippen LogP contribution in [0.2, 0.25) is 0 Å². The van der Waals surface area contributed by atoms with Gasteiger partial charge in [-0.2, -0.15) is 0 Å². The molecule has 0 radical (unpaired) electrons. The van der Waals surface area contributed by atoms with Gasteiger partial charge in [-0.25, -0.2) is 4.39 Å². The normalized spacial score (nSPS) is 10.4. The second kappa shape index (κ2) is 8.47. The number of halogens is 1. The van der Waals surface area contributed by atoms with Gasteiger partial charge in [0.05, 0.1) is 23.7 Å². The number of nitrogens with one attached hydrogen (secondary N) is 1. The number of hydrogen-bond acceptors (Lipinski definition) is 6. The van der Waals surface area contributed by atoms with E-state index < -0.39 is 17.3 Å². The Labute approximate surface area is 147 Å². The largest absolute Gasteiger partial charge is 0.466 e. The molecule has 2 rings (SSSR count). The minimum atomic E-state index is -0.602. The molecule has 0 spiro atoms. The molecule has 7 nitrogen and oxygen atoms in total. The number of anilines is 1. The minimum Gasteiger partial charge on any atom is -0.466 e. The second-order valence-electron chi connectivity index (χ2n) is 5.03. The fourth-order valence-corrected chi connectivity index (χ4v) is 2.31. The lowest BCUT2D eigenvalue weighted by atomic mass is 10.0. The molecule has 0 amide bonds. The Kier molecular flexibility index (Phi) is 6.34. The summed E-state index contributed by atoms with van der Waals surface area (Å²) in [6.07, 6.45) is 0. The van der Waals surface area contributed by atoms with Crippen molar-refractivity contribution in [3.05, 3.63) is 69.0 Å². The predicted octanol–water partition coefficient (Wildman–Crippen LogP) is 2.63. The van der Waals surface area contributed by atoms with Crippen LogP contribution in [0.1, 0.15) is 16.7 Å². The summed E-state index contributed by atoms with van der Waals surface area (Å²) in [6, 6.07) is 8.01. The molecule has 0 atom stereocenters. The molecule has 0 fully saturated rings. The van der Waals surface area contributed by atoms with Crippen molar-refractivity contribution in [1.82, 2.24) is 0 Å². The van der Waals surface area contributed by atoms with Gasteiger partial charge < -0.3 is 20.3 Å². The minimum absolute atomic E-state index is 0.0438. The molecule has 0 bridgehead atoms. The van der Waals surface area contributed by atoms with Crippen molar-refractivity contribution in [1.29, 1.82) is 0 Å². The van der Waals surface area contributed by atoms with Crippen LogP contribution in [0.25, 0.3) is 0 Å². The molecule has 2 aromatic carbocycles. The second-order valence-corrected chi connectivity index (χ2v) is 5.40. The fourth-order valence-electron chi connectivity index (χ4n) is 2.14. The first kappa shape index (κ1) is 18.7. The third-order valence-electron chi connectivity index (χ3n) is 3.39. The summed E-state index contributed by atoms with van der Waals surface area (Å²) < 4.78 is 18.2. The lowest BCUT2D eigenvalue weighted by Gasteiger charge is -2.12. The molecule has 0 aliphatic heterocycles. The number of hydrogen-bond donors (Lipinski definition) is 3. The number of nitro groups is 1. The van der Waals surface area contributed by atoms with Crippen LogP contribution in [0, 0.1) is 15.9 Å². The number of thiocarbonyl (C=S) groups is 1. The van der Waals surface area contributed by atoms with Crippen molar-refractivity contribution >= 4 is 28.8 Å². The topological polar surface area (TPSA) is 105 Å². The van der Waals surface area contributed by atoms with E-state index in [1.807, 2.05) is 0 Å². The maximum absolute atomic E-state index is 12.9. The molecule has 3 N–H and O–H groups in total. The van der Waals surface area contributed by atoms with Gasteiger partial charge in [0.2, 0.25) is 0 Å². The van der Waals surface area contributed by atoms with Crippen molar-refractivity contribution < 1.29 is 24.3 Å². The molecular weight excluding hydrogens is 351 g/mol. The molecule has 25 heavy (non-hydrogen) atoms. The average Bonchev–Trinajstić information content (AvgIpc) is 2.60. The predicted molar refractivity (Wildman–Crippen MR) is 92.4 cm³/mol. The highest BCUT2D eigenvalue weighted by atomic mass is 32.1. The Morgan fingerprint density at radius 1 is 1.16 bits per heavy atom. The molecular formula is C16H15FN2O5S. The Morgan fingerprint density at radius 2 is 1.76 bits per heavy atom. The molecule has 9 heteroatoms. The van der Waals surface area contributed by atoms with Crippen LogP contribution in [0.15, 0.2) is 36.4 Å². The van der Waals surface area contributed by atoms with Gasteiger partial charge in [0, 0.05) is 11.8 Å². The van der Waals surface area contributed by atoms with Gasteiger partial charge >= 0.3 is 0 Å². The molecule has 2 aromatic rings. The van der Waals surface area contributed by atoms with Crippen LogP contribution in [-0.4, -0.2) is 20.3 Å². The number of nitro benzene ring substituents is 1. The van der Waals surface area contributed by atoms with Gasteiger partial charge in [-0.3, -0.25) is 10.1 Å². The Hall–Kier alpha value is -2.62. The van der Waals surface area contributed by atoms with E-state index in [0.29, 0.717) is 11.3 Å². The first-order valence-electron chi connectivity index (χ1n) is 7.14. The van der Waals surface area contributed by atoms with E-state index in [1.165, 1.54) is 36.4 Å². The zero-order valence-electron chi connectivity index (χ0n) is 12.9. The third kappa shape index (κ3) is 4.92. The zero-order valence-corrected chi connectivity index (χ0v) is 13.8. The Morgan fingerprint density at radius 3 is 2.32 bits per heavy atom. The number of benzene rings is 2. The number of aliphatic hydroxyl groups excluding tert-OH is 2. The Balaban J connectivity index is 2.11. The van der Waals surface area contributed by atoms with Gasteiger partial charge in [0.15, 0.2) is 0 Å². The standard InChI is InChI=1S/C16H15FN2O5S/c17-13-1-3-14(4-2-13)18-16(25)24-9-12-5-10(7-20)11(8-21)6-15(12)19(22)23/h1-6,20-21H,7-9H2,(H,18,25). The van der Waals surface area contributed by atoms with Crippen LogP contribution in [0.3, 0.4) is 0 Å². The summed E-state index contributed by atoms with van der Waals surface area (Å²) >= 11 is 5.00. The highest BCUT2D eigenvalue weighted by Crippen LogP contribution is 2.25. The fraction of sp³-hybridized carbons (Fsp3) is 0.188. The number of aliphatic hydroxyl groups is 2. The number of rotatable bonds is 6. The van der Waals surface area contributed by atoms with Crippen LogP contribution in [-0.2, 0) is 24.6 Å². The molecule has 0 aromatic heterocycles. The smallest absolute Gasteiger partial charge is 0.276 e. The van der Waals surface area contributed by atoms with Crippen molar-refractivity contribution in [3.8, 4) is 0 Å². The van der Waals surface area contributed by atoms with E-state index in [0.717, 1.165) is 0 Å². The summed E-state index contributed by atoms with van der Waals surface area (Å²) in [4.78, 5) is 10.6. The van der Waals surface area contributed by atoms with E-state index in [1.54, 1.807) is 0 Å². The van der Waals surface area contributed by atoms with E-state index in [2.05, 4.69) is 5.32 Å². The van der Waals surface area contributed by atoms with E-state index >= 15 is 0 Å². The van der Waals surface area contributed by atoms with Crippen molar-refractivity contribution in [2.75, 3.05) is 5.32 Å². The highest BCUT2D eigenvalue weighted by Gasteiger charge is 2.18. The summed E-state index contributed by atoms with van der Waals surface area (Å²) in [5, 5.41) is 32.4. The highest BCUT2D eigenvalue weighted by molar-refractivity contribution is 7.80.